The second-order valence-electron chi connectivity index (χ2n) is 4.40. The lowest BCUT2D eigenvalue weighted by Gasteiger charge is -2.11. The van der Waals surface area contributed by atoms with E-state index in [0.29, 0.717) is 12.0 Å². The number of hydrogen-bond donors (Lipinski definition) is 1. The average Bonchev–Trinajstić information content (AvgIpc) is 2.40. The molecule has 0 unspecified atom stereocenters. The molecule has 0 atom stereocenters. The Kier molecular flexibility index (Phi) is 3.81. The Hall–Kier alpha value is -2.35. The van der Waals surface area contributed by atoms with Crippen LogP contribution in [0.25, 0.3) is 10.8 Å². The highest BCUT2D eigenvalue weighted by molar-refractivity contribution is 6.06. The summed E-state index contributed by atoms with van der Waals surface area (Å²) in [6.45, 7) is 7.48. The highest BCUT2D eigenvalue weighted by atomic mass is 16.4. The largest absolute Gasteiger partial charge is 0.478 e. The molecule has 0 aliphatic heterocycles. The molecule has 0 radical (unpaired) electrons. The van der Waals surface area contributed by atoms with Crippen LogP contribution in [0.4, 0.5) is 0 Å². The fourth-order valence-electron chi connectivity index (χ4n) is 2.38. The van der Waals surface area contributed by atoms with Gasteiger partial charge in [0.1, 0.15) is 0 Å². The summed E-state index contributed by atoms with van der Waals surface area (Å²) >= 11 is 0. The standard InChI is InChI=1S/C17H16O2/c1-3-6-12-10-11-15(17(18)19)16-13(7-4-2)8-5-9-14(12)16/h3-5,8-11H,1-2,6-7H2,(H,18,19). The second-order valence-corrected chi connectivity index (χ2v) is 4.40. The summed E-state index contributed by atoms with van der Waals surface area (Å²) in [4.78, 5) is 11.4. The van der Waals surface area contributed by atoms with E-state index in [-0.39, 0.29) is 0 Å². The third-order valence-electron chi connectivity index (χ3n) is 3.18. The maximum atomic E-state index is 11.4. The number of rotatable bonds is 5. The average molecular weight is 252 g/mol. The molecule has 2 nitrogen and oxygen atoms in total. The van der Waals surface area contributed by atoms with Crippen molar-refractivity contribution in [3.05, 3.63) is 72.3 Å². The molecule has 0 aliphatic carbocycles. The molecule has 19 heavy (non-hydrogen) atoms. The molecular weight excluding hydrogens is 236 g/mol. The zero-order valence-corrected chi connectivity index (χ0v) is 10.7. The van der Waals surface area contributed by atoms with Gasteiger partial charge in [-0.15, -0.1) is 13.2 Å². The van der Waals surface area contributed by atoms with Crippen LogP contribution in [0.1, 0.15) is 21.5 Å². The van der Waals surface area contributed by atoms with Crippen LogP contribution in [0.2, 0.25) is 0 Å². The lowest BCUT2D eigenvalue weighted by atomic mass is 9.93. The van der Waals surface area contributed by atoms with Crippen molar-refractivity contribution >= 4 is 16.7 Å². The van der Waals surface area contributed by atoms with Crippen LogP contribution in [-0.4, -0.2) is 11.1 Å². The molecule has 0 amide bonds. The van der Waals surface area contributed by atoms with Crippen molar-refractivity contribution in [1.29, 1.82) is 0 Å². The predicted octanol–water partition coefficient (Wildman–Crippen LogP) is 4.00. The molecular formula is C17H16O2. The van der Waals surface area contributed by atoms with Gasteiger partial charge in [-0.05, 0) is 40.8 Å². The first-order valence-corrected chi connectivity index (χ1v) is 6.17. The maximum Gasteiger partial charge on any atom is 0.336 e. The van der Waals surface area contributed by atoms with E-state index >= 15 is 0 Å². The Morgan fingerprint density at radius 2 is 1.74 bits per heavy atom. The Bertz CT molecular complexity index is 654. The smallest absolute Gasteiger partial charge is 0.336 e. The van der Waals surface area contributed by atoms with Gasteiger partial charge < -0.3 is 5.11 Å². The molecule has 0 bridgehead atoms. The van der Waals surface area contributed by atoms with Crippen molar-refractivity contribution in [3.8, 4) is 0 Å². The summed E-state index contributed by atoms with van der Waals surface area (Å²) in [5.41, 5.74) is 2.44. The molecule has 2 aromatic carbocycles. The van der Waals surface area contributed by atoms with Crippen LogP contribution in [0.15, 0.2) is 55.6 Å². The highest BCUT2D eigenvalue weighted by Crippen LogP contribution is 2.27. The lowest BCUT2D eigenvalue weighted by molar-refractivity contribution is 0.0699. The van der Waals surface area contributed by atoms with E-state index in [1.807, 2.05) is 30.3 Å². The predicted molar refractivity (Wildman–Crippen MR) is 78.7 cm³/mol. The minimum Gasteiger partial charge on any atom is -0.478 e. The molecule has 0 fully saturated rings. The Morgan fingerprint density at radius 3 is 2.37 bits per heavy atom. The first kappa shape index (κ1) is 13.1. The van der Waals surface area contributed by atoms with Gasteiger partial charge in [-0.25, -0.2) is 4.79 Å². The zero-order valence-electron chi connectivity index (χ0n) is 10.7. The highest BCUT2D eigenvalue weighted by Gasteiger charge is 2.13. The van der Waals surface area contributed by atoms with E-state index in [1.165, 1.54) is 0 Å². The Balaban J connectivity index is 2.83. The molecule has 2 aromatic rings. The molecule has 0 aliphatic rings. The molecule has 0 saturated heterocycles. The van der Waals surface area contributed by atoms with Gasteiger partial charge in [-0.3, -0.25) is 0 Å². The van der Waals surface area contributed by atoms with Crippen LogP contribution < -0.4 is 0 Å². The molecule has 96 valence electrons. The number of benzene rings is 2. The molecule has 0 saturated carbocycles. The second kappa shape index (κ2) is 5.53. The van der Waals surface area contributed by atoms with Crippen molar-refractivity contribution in [2.45, 2.75) is 12.8 Å². The van der Waals surface area contributed by atoms with Crippen LogP contribution in [0.3, 0.4) is 0 Å². The minimum atomic E-state index is -0.897. The van der Waals surface area contributed by atoms with Gasteiger partial charge >= 0.3 is 5.97 Å². The molecule has 0 spiro atoms. The van der Waals surface area contributed by atoms with E-state index in [4.69, 9.17) is 0 Å². The number of fused-ring (bicyclic) bond motifs is 1. The molecule has 0 aromatic heterocycles. The molecule has 1 N–H and O–H groups in total. The zero-order chi connectivity index (χ0) is 13.8. The quantitative estimate of drug-likeness (QED) is 0.817. The summed E-state index contributed by atoms with van der Waals surface area (Å²) in [5.74, 6) is -0.897. The maximum absolute atomic E-state index is 11.4. The monoisotopic (exact) mass is 252 g/mol. The molecule has 2 rings (SSSR count). The van der Waals surface area contributed by atoms with E-state index in [2.05, 4.69) is 13.2 Å². The minimum absolute atomic E-state index is 0.347. The summed E-state index contributed by atoms with van der Waals surface area (Å²) < 4.78 is 0. The number of aromatic carboxylic acids is 1. The van der Waals surface area contributed by atoms with E-state index in [1.54, 1.807) is 12.1 Å². The van der Waals surface area contributed by atoms with Gasteiger partial charge in [0.15, 0.2) is 0 Å². The van der Waals surface area contributed by atoms with Gasteiger partial charge in [0, 0.05) is 0 Å². The van der Waals surface area contributed by atoms with Crippen LogP contribution in [0.5, 0.6) is 0 Å². The molecule has 2 heteroatoms. The number of carboxylic acid groups (broad SMARTS) is 1. The van der Waals surface area contributed by atoms with Gasteiger partial charge in [0.25, 0.3) is 0 Å². The summed E-state index contributed by atoms with van der Waals surface area (Å²) in [6.07, 6.45) is 5.01. The van der Waals surface area contributed by atoms with Crippen molar-refractivity contribution in [1.82, 2.24) is 0 Å². The number of carboxylic acids is 1. The Labute approximate surface area is 112 Å². The van der Waals surface area contributed by atoms with Gasteiger partial charge in [-0.2, -0.15) is 0 Å². The van der Waals surface area contributed by atoms with Gasteiger partial charge in [0.05, 0.1) is 5.56 Å². The fourth-order valence-corrected chi connectivity index (χ4v) is 2.38. The number of carbonyl (C=O) groups is 1. The van der Waals surface area contributed by atoms with Crippen molar-refractivity contribution in [3.63, 3.8) is 0 Å². The number of allylic oxidation sites excluding steroid dienone is 2. The topological polar surface area (TPSA) is 37.3 Å². The summed E-state index contributed by atoms with van der Waals surface area (Å²) in [5, 5.41) is 11.1. The summed E-state index contributed by atoms with van der Waals surface area (Å²) in [7, 11) is 0. The fraction of sp³-hybridized carbons (Fsp3) is 0.118. The van der Waals surface area contributed by atoms with Gasteiger partial charge in [-0.1, -0.05) is 36.4 Å². The Morgan fingerprint density at radius 1 is 1.05 bits per heavy atom. The third-order valence-corrected chi connectivity index (χ3v) is 3.18. The first-order chi connectivity index (χ1) is 9.19. The van der Waals surface area contributed by atoms with Crippen LogP contribution in [0, 0.1) is 0 Å². The van der Waals surface area contributed by atoms with Crippen molar-refractivity contribution in [2.24, 2.45) is 0 Å². The van der Waals surface area contributed by atoms with Crippen molar-refractivity contribution in [2.75, 3.05) is 0 Å². The summed E-state index contributed by atoms with van der Waals surface area (Å²) in [6, 6.07) is 9.42. The van der Waals surface area contributed by atoms with Crippen molar-refractivity contribution < 1.29 is 9.90 Å². The first-order valence-electron chi connectivity index (χ1n) is 6.17. The van der Waals surface area contributed by atoms with Crippen LogP contribution >= 0.6 is 0 Å². The number of hydrogen-bond acceptors (Lipinski definition) is 1. The van der Waals surface area contributed by atoms with Crippen LogP contribution in [-0.2, 0) is 12.8 Å². The van der Waals surface area contributed by atoms with E-state index < -0.39 is 5.97 Å². The van der Waals surface area contributed by atoms with E-state index in [9.17, 15) is 9.90 Å². The van der Waals surface area contributed by atoms with Gasteiger partial charge in [0.2, 0.25) is 0 Å². The normalized spacial score (nSPS) is 10.3. The third kappa shape index (κ3) is 2.43. The SMILES string of the molecule is C=CCc1ccc(C(=O)O)c2c(CC=C)cccc12. The van der Waals surface area contributed by atoms with E-state index in [0.717, 1.165) is 28.3 Å². The molecule has 0 heterocycles. The lowest BCUT2D eigenvalue weighted by Crippen LogP contribution is -2.01.